The van der Waals surface area contributed by atoms with E-state index in [0.29, 0.717) is 18.3 Å². The van der Waals surface area contributed by atoms with Crippen molar-refractivity contribution in [3.63, 3.8) is 0 Å². The first-order valence-corrected chi connectivity index (χ1v) is 10.6. The van der Waals surface area contributed by atoms with Crippen LogP contribution in [0, 0.1) is 0 Å². The van der Waals surface area contributed by atoms with Crippen LogP contribution in [0.3, 0.4) is 0 Å². The van der Waals surface area contributed by atoms with E-state index in [1.807, 2.05) is 35.4 Å². The van der Waals surface area contributed by atoms with Gasteiger partial charge in [0.2, 0.25) is 17.8 Å². The number of carbonyl (C=O) groups is 2. The second-order valence-electron chi connectivity index (χ2n) is 7.92. The maximum atomic E-state index is 11.7. The van der Waals surface area contributed by atoms with Crippen molar-refractivity contribution < 1.29 is 9.59 Å². The summed E-state index contributed by atoms with van der Waals surface area (Å²) in [6, 6.07) is 7.45. The highest BCUT2D eigenvalue weighted by atomic mass is 16.2. The average molecular weight is 409 g/mol. The Morgan fingerprint density at radius 2 is 2.10 bits per heavy atom. The highest BCUT2D eigenvalue weighted by Gasteiger charge is 2.27. The number of rotatable bonds is 9. The molecule has 2 fully saturated rings. The Morgan fingerprint density at radius 1 is 1.27 bits per heavy atom. The molecule has 0 spiro atoms. The predicted octanol–water partition coefficient (Wildman–Crippen LogP) is 3.48. The monoisotopic (exact) mass is 408 g/mol. The average Bonchev–Trinajstić information content (AvgIpc) is 3.47. The van der Waals surface area contributed by atoms with E-state index in [-0.39, 0.29) is 11.8 Å². The highest BCUT2D eigenvalue weighted by molar-refractivity contribution is 5.89. The van der Waals surface area contributed by atoms with Crippen molar-refractivity contribution in [3.05, 3.63) is 36.0 Å². The normalized spacial score (nSPS) is 15.9. The third kappa shape index (κ3) is 5.25. The molecule has 2 heterocycles. The maximum absolute atomic E-state index is 11.7. The standard InChI is InChI=1S/C22H28N6O2/c1-15(29)25-17-5-2-6-18(13-17)26-22-24-14-19(16-8-9-16)21(27-22)23-10-4-12-28-11-3-7-20(28)30/h2,5-6,13-14,16H,3-4,7-12H2,1H3,(H,25,29)(H2,23,24,26,27). The van der Waals surface area contributed by atoms with Crippen LogP contribution in [0.15, 0.2) is 30.5 Å². The molecule has 1 aliphatic heterocycles. The molecule has 0 radical (unpaired) electrons. The largest absolute Gasteiger partial charge is 0.370 e. The van der Waals surface area contributed by atoms with Crippen molar-refractivity contribution in [1.82, 2.24) is 14.9 Å². The van der Waals surface area contributed by atoms with Gasteiger partial charge in [0, 0.05) is 56.1 Å². The van der Waals surface area contributed by atoms with Crippen molar-refractivity contribution in [2.24, 2.45) is 0 Å². The van der Waals surface area contributed by atoms with Crippen molar-refractivity contribution >= 4 is 35.0 Å². The molecule has 0 unspecified atom stereocenters. The number of likely N-dealkylation sites (tertiary alicyclic amines) is 1. The summed E-state index contributed by atoms with van der Waals surface area (Å²) in [7, 11) is 0. The smallest absolute Gasteiger partial charge is 0.229 e. The fraction of sp³-hybridized carbons (Fsp3) is 0.455. The summed E-state index contributed by atoms with van der Waals surface area (Å²) in [5.41, 5.74) is 2.68. The molecular formula is C22H28N6O2. The van der Waals surface area contributed by atoms with Gasteiger partial charge in [0.1, 0.15) is 5.82 Å². The third-order valence-electron chi connectivity index (χ3n) is 5.34. The molecule has 0 atom stereocenters. The minimum atomic E-state index is -0.112. The summed E-state index contributed by atoms with van der Waals surface area (Å²) in [6.45, 7) is 3.91. The van der Waals surface area contributed by atoms with Crippen LogP contribution < -0.4 is 16.0 Å². The van der Waals surface area contributed by atoms with Gasteiger partial charge < -0.3 is 20.9 Å². The summed E-state index contributed by atoms with van der Waals surface area (Å²) in [4.78, 5) is 34.2. The number of carbonyl (C=O) groups excluding carboxylic acids is 2. The van der Waals surface area contributed by atoms with E-state index in [0.717, 1.165) is 55.2 Å². The zero-order valence-electron chi connectivity index (χ0n) is 17.3. The SMILES string of the molecule is CC(=O)Nc1cccc(Nc2ncc(C3CC3)c(NCCCN3CCCC3=O)n2)c1. The van der Waals surface area contributed by atoms with Crippen molar-refractivity contribution in [3.8, 4) is 0 Å². The van der Waals surface area contributed by atoms with Crippen LogP contribution in [-0.2, 0) is 9.59 Å². The molecule has 4 rings (SSSR count). The lowest BCUT2D eigenvalue weighted by molar-refractivity contribution is -0.127. The number of anilines is 4. The Morgan fingerprint density at radius 3 is 2.83 bits per heavy atom. The molecule has 1 aliphatic carbocycles. The van der Waals surface area contributed by atoms with Crippen LogP contribution in [0.4, 0.5) is 23.1 Å². The van der Waals surface area contributed by atoms with E-state index >= 15 is 0 Å². The minimum Gasteiger partial charge on any atom is -0.370 e. The van der Waals surface area contributed by atoms with Crippen LogP contribution in [0.1, 0.15) is 50.5 Å². The van der Waals surface area contributed by atoms with Gasteiger partial charge in [-0.05, 0) is 49.8 Å². The fourth-order valence-corrected chi connectivity index (χ4v) is 3.71. The maximum Gasteiger partial charge on any atom is 0.229 e. The second kappa shape index (κ2) is 9.11. The Bertz CT molecular complexity index is 928. The van der Waals surface area contributed by atoms with Gasteiger partial charge in [-0.25, -0.2) is 4.98 Å². The van der Waals surface area contributed by atoms with Gasteiger partial charge in [0.15, 0.2) is 0 Å². The van der Waals surface area contributed by atoms with Gasteiger partial charge in [-0.1, -0.05) is 6.07 Å². The number of hydrogen-bond acceptors (Lipinski definition) is 6. The number of aromatic nitrogens is 2. The van der Waals surface area contributed by atoms with Gasteiger partial charge in [0.25, 0.3) is 0 Å². The van der Waals surface area contributed by atoms with E-state index in [2.05, 4.69) is 20.9 Å². The molecule has 1 saturated carbocycles. The van der Waals surface area contributed by atoms with Crippen molar-refractivity contribution in [2.75, 3.05) is 35.6 Å². The van der Waals surface area contributed by atoms with E-state index in [1.54, 1.807) is 0 Å². The Kier molecular flexibility index (Phi) is 6.11. The molecule has 2 amide bonds. The van der Waals surface area contributed by atoms with E-state index in [9.17, 15) is 9.59 Å². The lowest BCUT2D eigenvalue weighted by atomic mass is 10.2. The molecule has 2 aliphatic rings. The van der Waals surface area contributed by atoms with Gasteiger partial charge in [0.05, 0.1) is 0 Å². The zero-order valence-corrected chi connectivity index (χ0v) is 17.3. The van der Waals surface area contributed by atoms with E-state index in [1.165, 1.54) is 19.8 Å². The van der Waals surface area contributed by atoms with Crippen LogP contribution in [0.2, 0.25) is 0 Å². The molecule has 1 aromatic carbocycles. The fourth-order valence-electron chi connectivity index (χ4n) is 3.71. The molecule has 0 bridgehead atoms. The predicted molar refractivity (Wildman–Crippen MR) is 117 cm³/mol. The molecule has 8 heteroatoms. The van der Waals surface area contributed by atoms with Gasteiger partial charge in [-0.3, -0.25) is 9.59 Å². The third-order valence-corrected chi connectivity index (χ3v) is 5.34. The molecule has 8 nitrogen and oxygen atoms in total. The quantitative estimate of drug-likeness (QED) is 0.550. The summed E-state index contributed by atoms with van der Waals surface area (Å²) in [5, 5.41) is 9.45. The highest BCUT2D eigenvalue weighted by Crippen LogP contribution is 2.42. The Balaban J connectivity index is 1.40. The van der Waals surface area contributed by atoms with Gasteiger partial charge in [-0.2, -0.15) is 4.98 Å². The van der Waals surface area contributed by atoms with Crippen LogP contribution in [0.25, 0.3) is 0 Å². The summed E-state index contributed by atoms with van der Waals surface area (Å²) < 4.78 is 0. The Hall–Kier alpha value is -3.16. The first-order valence-electron chi connectivity index (χ1n) is 10.6. The van der Waals surface area contributed by atoms with Crippen LogP contribution in [-0.4, -0.2) is 46.3 Å². The lowest BCUT2D eigenvalue weighted by Gasteiger charge is -2.16. The minimum absolute atomic E-state index is 0.112. The van der Waals surface area contributed by atoms with Gasteiger partial charge in [-0.15, -0.1) is 0 Å². The molecule has 30 heavy (non-hydrogen) atoms. The first kappa shape index (κ1) is 20.1. The van der Waals surface area contributed by atoms with Crippen molar-refractivity contribution in [2.45, 2.75) is 44.9 Å². The molecule has 2 aromatic rings. The van der Waals surface area contributed by atoms with E-state index < -0.39 is 0 Å². The Labute approximate surface area is 176 Å². The van der Waals surface area contributed by atoms with E-state index in [4.69, 9.17) is 4.98 Å². The number of hydrogen-bond donors (Lipinski definition) is 3. The summed E-state index contributed by atoms with van der Waals surface area (Å²) in [5.74, 6) is 2.06. The van der Waals surface area contributed by atoms with Crippen LogP contribution >= 0.6 is 0 Å². The van der Waals surface area contributed by atoms with Crippen molar-refractivity contribution in [1.29, 1.82) is 0 Å². The molecule has 1 aromatic heterocycles. The second-order valence-corrected chi connectivity index (χ2v) is 7.92. The lowest BCUT2D eigenvalue weighted by Crippen LogP contribution is -2.27. The molecule has 1 saturated heterocycles. The summed E-state index contributed by atoms with van der Waals surface area (Å²) >= 11 is 0. The van der Waals surface area contributed by atoms with Gasteiger partial charge >= 0.3 is 0 Å². The zero-order chi connectivity index (χ0) is 20.9. The van der Waals surface area contributed by atoms with Crippen LogP contribution in [0.5, 0.6) is 0 Å². The number of nitrogens with one attached hydrogen (secondary N) is 3. The molecule has 3 N–H and O–H groups in total. The first-order chi connectivity index (χ1) is 14.6. The number of benzene rings is 1. The number of nitrogens with zero attached hydrogens (tertiary/aromatic N) is 3. The topological polar surface area (TPSA) is 99.2 Å². The summed E-state index contributed by atoms with van der Waals surface area (Å²) in [6.07, 6.45) is 6.79. The molecular weight excluding hydrogens is 380 g/mol. The molecule has 158 valence electrons. The number of amides is 2.